The van der Waals surface area contributed by atoms with Gasteiger partial charge in [-0.25, -0.2) is 9.18 Å². The Bertz CT molecular complexity index is 1090. The number of halogens is 1. The van der Waals surface area contributed by atoms with Gasteiger partial charge in [-0.05, 0) is 61.7 Å². The van der Waals surface area contributed by atoms with Crippen LogP contribution in [0.5, 0.6) is 5.75 Å². The Balaban J connectivity index is 1.24. The second kappa shape index (κ2) is 10.8. The van der Waals surface area contributed by atoms with Crippen LogP contribution in [0, 0.1) is 5.82 Å². The summed E-state index contributed by atoms with van der Waals surface area (Å²) in [6.07, 6.45) is 5.15. The van der Waals surface area contributed by atoms with Crippen molar-refractivity contribution in [3.05, 3.63) is 53.8 Å². The molecule has 3 aliphatic rings. The first-order valence-electron chi connectivity index (χ1n) is 12.7. The lowest BCUT2D eigenvalue weighted by Crippen LogP contribution is -2.48. The predicted octanol–water partition coefficient (Wildman–Crippen LogP) is 4.30. The standard InChI is InChI=1S/C27H32FN3O5/c28-16-6-8-18(9-7-16)30-27(34)31-19-10-11-23-21(12-19)22-13-20(35-24(15-32)26(22)36-23)14-25(33)29-17-4-2-1-3-5-17/h6-12,17,20,22,24,26,32H,1-5,13-15H2,(H,29,33)(H2,30,31,34)/t20-,22+,24-,26-/m1/s1. The monoisotopic (exact) mass is 497 g/mol. The molecular weight excluding hydrogens is 465 g/mol. The summed E-state index contributed by atoms with van der Waals surface area (Å²) in [5.74, 6) is 0.217. The van der Waals surface area contributed by atoms with Crippen LogP contribution in [0.2, 0.25) is 0 Å². The van der Waals surface area contributed by atoms with E-state index >= 15 is 0 Å². The minimum Gasteiger partial charge on any atom is -0.487 e. The summed E-state index contributed by atoms with van der Waals surface area (Å²) in [5.41, 5.74) is 1.97. The number of carbonyl (C=O) groups is 2. The molecule has 8 nitrogen and oxygen atoms in total. The lowest BCUT2D eigenvalue weighted by molar-refractivity contribution is -0.142. The molecule has 2 fully saturated rings. The fourth-order valence-electron chi connectivity index (χ4n) is 5.53. The van der Waals surface area contributed by atoms with Gasteiger partial charge in [0.1, 0.15) is 23.8 Å². The van der Waals surface area contributed by atoms with E-state index in [9.17, 15) is 19.1 Å². The van der Waals surface area contributed by atoms with Crippen molar-refractivity contribution in [3.63, 3.8) is 0 Å². The third-order valence-electron chi connectivity index (χ3n) is 7.24. The molecule has 4 N–H and O–H groups in total. The van der Waals surface area contributed by atoms with E-state index in [0.29, 0.717) is 23.5 Å². The maximum atomic E-state index is 13.1. The quantitative estimate of drug-likeness (QED) is 0.476. The molecule has 4 atom stereocenters. The van der Waals surface area contributed by atoms with E-state index in [2.05, 4.69) is 16.0 Å². The number of nitrogens with one attached hydrogen (secondary N) is 3. The van der Waals surface area contributed by atoms with Gasteiger partial charge in [0.15, 0.2) is 0 Å². The minimum atomic E-state index is -0.540. The SMILES string of the molecule is O=C(C[C@H]1C[C@H]2c3cc(NC(=O)Nc4ccc(F)cc4)ccc3O[C@H]2[C@@H](CO)O1)NC1CCCCC1. The lowest BCUT2D eigenvalue weighted by atomic mass is 9.84. The summed E-state index contributed by atoms with van der Waals surface area (Å²) in [6.45, 7) is -0.207. The third kappa shape index (κ3) is 5.63. The summed E-state index contributed by atoms with van der Waals surface area (Å²) in [7, 11) is 0. The molecular formula is C27H32FN3O5. The van der Waals surface area contributed by atoms with E-state index in [1.807, 2.05) is 6.07 Å². The van der Waals surface area contributed by atoms with Crippen LogP contribution in [0.25, 0.3) is 0 Å². The summed E-state index contributed by atoms with van der Waals surface area (Å²) >= 11 is 0. The summed E-state index contributed by atoms with van der Waals surface area (Å²) in [5, 5.41) is 18.6. The van der Waals surface area contributed by atoms with Crippen LogP contribution in [-0.4, -0.2) is 48.0 Å². The number of carbonyl (C=O) groups excluding carboxylic acids is 2. The molecule has 192 valence electrons. The molecule has 2 aromatic carbocycles. The first-order chi connectivity index (χ1) is 17.5. The van der Waals surface area contributed by atoms with Crippen LogP contribution in [0.3, 0.4) is 0 Å². The molecule has 0 aromatic heterocycles. The van der Waals surface area contributed by atoms with Crippen molar-refractivity contribution in [2.45, 2.75) is 75.2 Å². The fourth-order valence-corrected chi connectivity index (χ4v) is 5.53. The molecule has 3 amide bonds. The van der Waals surface area contributed by atoms with Crippen molar-refractivity contribution in [2.24, 2.45) is 0 Å². The molecule has 2 aromatic rings. The maximum Gasteiger partial charge on any atom is 0.323 e. The van der Waals surface area contributed by atoms with Crippen LogP contribution in [0.1, 0.15) is 56.4 Å². The van der Waals surface area contributed by atoms with E-state index in [0.717, 1.165) is 31.2 Å². The molecule has 1 aliphatic carbocycles. The number of ether oxygens (including phenoxy) is 2. The Morgan fingerprint density at radius 2 is 1.72 bits per heavy atom. The highest BCUT2D eigenvalue weighted by atomic mass is 19.1. The van der Waals surface area contributed by atoms with Crippen molar-refractivity contribution in [1.29, 1.82) is 0 Å². The number of anilines is 2. The highest BCUT2D eigenvalue weighted by Crippen LogP contribution is 2.47. The van der Waals surface area contributed by atoms with Crippen LogP contribution in [0.4, 0.5) is 20.6 Å². The number of rotatable bonds is 6. The van der Waals surface area contributed by atoms with Crippen molar-refractivity contribution < 1.29 is 28.6 Å². The highest BCUT2D eigenvalue weighted by molar-refractivity contribution is 5.99. The summed E-state index contributed by atoms with van der Waals surface area (Å²) in [4.78, 5) is 25.1. The van der Waals surface area contributed by atoms with Crippen molar-refractivity contribution in [3.8, 4) is 5.75 Å². The number of hydrogen-bond acceptors (Lipinski definition) is 5. The predicted molar refractivity (Wildman–Crippen MR) is 133 cm³/mol. The Morgan fingerprint density at radius 3 is 2.47 bits per heavy atom. The van der Waals surface area contributed by atoms with Crippen LogP contribution in [-0.2, 0) is 9.53 Å². The van der Waals surface area contributed by atoms with E-state index in [4.69, 9.17) is 9.47 Å². The second-order valence-electron chi connectivity index (χ2n) is 9.85. The molecule has 5 rings (SSSR count). The van der Waals surface area contributed by atoms with E-state index < -0.39 is 12.1 Å². The smallest absolute Gasteiger partial charge is 0.323 e. The van der Waals surface area contributed by atoms with Crippen LogP contribution < -0.4 is 20.7 Å². The van der Waals surface area contributed by atoms with Gasteiger partial charge in [-0.3, -0.25) is 4.79 Å². The molecule has 1 saturated heterocycles. The van der Waals surface area contributed by atoms with E-state index in [1.165, 1.54) is 30.7 Å². The number of urea groups is 1. The van der Waals surface area contributed by atoms with Gasteiger partial charge in [-0.15, -0.1) is 0 Å². The highest BCUT2D eigenvalue weighted by Gasteiger charge is 2.46. The summed E-state index contributed by atoms with van der Waals surface area (Å²) < 4.78 is 25.3. The first kappa shape index (κ1) is 24.5. The minimum absolute atomic E-state index is 0.0194. The summed E-state index contributed by atoms with van der Waals surface area (Å²) in [6, 6.07) is 10.7. The topological polar surface area (TPSA) is 109 Å². The zero-order chi connectivity index (χ0) is 25.1. The number of aliphatic hydroxyl groups excluding tert-OH is 1. The molecule has 1 saturated carbocycles. The number of hydrogen-bond donors (Lipinski definition) is 4. The first-order valence-corrected chi connectivity index (χ1v) is 12.7. The Morgan fingerprint density at radius 1 is 1.00 bits per heavy atom. The normalized spacial score (nSPS) is 25.3. The number of aliphatic hydroxyl groups is 1. The molecule has 0 radical (unpaired) electrons. The average molecular weight is 498 g/mol. The molecule has 0 bridgehead atoms. The van der Waals surface area contributed by atoms with Gasteiger partial charge in [0.25, 0.3) is 0 Å². The zero-order valence-electron chi connectivity index (χ0n) is 20.0. The number of benzene rings is 2. The van der Waals surface area contributed by atoms with Crippen molar-refractivity contribution >= 4 is 23.3 Å². The van der Waals surface area contributed by atoms with Crippen molar-refractivity contribution in [1.82, 2.24) is 5.32 Å². The number of amides is 3. The van der Waals surface area contributed by atoms with Crippen LogP contribution >= 0.6 is 0 Å². The van der Waals surface area contributed by atoms with Gasteiger partial charge in [0, 0.05) is 28.9 Å². The second-order valence-corrected chi connectivity index (χ2v) is 9.85. The van der Waals surface area contributed by atoms with Gasteiger partial charge in [-0.1, -0.05) is 19.3 Å². The lowest BCUT2D eigenvalue weighted by Gasteiger charge is -2.37. The maximum absolute atomic E-state index is 13.1. The fraction of sp³-hybridized carbons (Fsp3) is 0.481. The molecule has 0 unspecified atom stereocenters. The molecule has 9 heteroatoms. The largest absolute Gasteiger partial charge is 0.487 e. The average Bonchev–Trinajstić information content (AvgIpc) is 3.23. The van der Waals surface area contributed by atoms with Gasteiger partial charge in [-0.2, -0.15) is 0 Å². The Labute approximate surface area is 209 Å². The molecule has 2 heterocycles. The number of fused-ring (bicyclic) bond motifs is 3. The van der Waals surface area contributed by atoms with E-state index in [1.54, 1.807) is 12.1 Å². The van der Waals surface area contributed by atoms with Crippen molar-refractivity contribution in [2.75, 3.05) is 17.2 Å². The van der Waals surface area contributed by atoms with Gasteiger partial charge in [0.05, 0.1) is 19.1 Å². The Hall–Kier alpha value is -3.17. The van der Waals surface area contributed by atoms with Gasteiger partial charge >= 0.3 is 6.03 Å². The van der Waals surface area contributed by atoms with Gasteiger partial charge in [0.2, 0.25) is 5.91 Å². The van der Waals surface area contributed by atoms with Crippen LogP contribution in [0.15, 0.2) is 42.5 Å². The molecule has 2 aliphatic heterocycles. The Kier molecular flexibility index (Phi) is 7.38. The molecule has 36 heavy (non-hydrogen) atoms. The third-order valence-corrected chi connectivity index (χ3v) is 7.24. The van der Waals surface area contributed by atoms with Gasteiger partial charge < -0.3 is 30.5 Å². The zero-order valence-corrected chi connectivity index (χ0v) is 20.0. The van der Waals surface area contributed by atoms with E-state index in [-0.39, 0.29) is 48.9 Å². The molecule has 0 spiro atoms.